The van der Waals surface area contributed by atoms with E-state index < -0.39 is 5.41 Å². The third kappa shape index (κ3) is 3.37. The van der Waals surface area contributed by atoms with Crippen LogP contribution in [0.4, 0.5) is 0 Å². The lowest BCUT2D eigenvalue weighted by Crippen LogP contribution is -2.41. The summed E-state index contributed by atoms with van der Waals surface area (Å²) in [5.41, 5.74) is 2.59. The Morgan fingerprint density at radius 1 is 1.11 bits per heavy atom. The normalized spacial score (nSPS) is 13.6. The molecule has 4 rings (SSSR count). The first kappa shape index (κ1) is 17.5. The number of para-hydroxylation sites is 1. The molecule has 5 heteroatoms. The van der Waals surface area contributed by atoms with Gasteiger partial charge < -0.3 is 19.8 Å². The zero-order valence-electron chi connectivity index (χ0n) is 15.7. The van der Waals surface area contributed by atoms with Crippen LogP contribution in [0.2, 0.25) is 0 Å². The molecule has 0 saturated carbocycles. The molecule has 0 bridgehead atoms. The number of hydrogen-bond acceptors (Lipinski definition) is 3. The van der Waals surface area contributed by atoms with Gasteiger partial charge in [0.05, 0.1) is 5.41 Å². The fourth-order valence-electron chi connectivity index (χ4n) is 3.43. The molecule has 0 unspecified atom stereocenters. The molecule has 3 aromatic rings. The Balaban J connectivity index is 1.42. The van der Waals surface area contributed by atoms with E-state index in [1.165, 1.54) is 10.9 Å². The van der Waals surface area contributed by atoms with Gasteiger partial charge in [-0.3, -0.25) is 4.79 Å². The summed E-state index contributed by atoms with van der Waals surface area (Å²) in [6.45, 7) is 5.55. The Bertz CT molecular complexity index is 975. The molecule has 0 saturated heterocycles. The van der Waals surface area contributed by atoms with Crippen LogP contribution in [0, 0.1) is 0 Å². The van der Waals surface area contributed by atoms with Crippen molar-refractivity contribution in [2.75, 3.05) is 19.8 Å². The van der Waals surface area contributed by atoms with E-state index in [0.717, 1.165) is 23.3 Å². The minimum Gasteiger partial charge on any atom is -0.486 e. The number of hydrogen-bond donors (Lipinski definition) is 2. The molecule has 2 N–H and O–H groups in total. The van der Waals surface area contributed by atoms with Gasteiger partial charge in [-0.25, -0.2) is 0 Å². The van der Waals surface area contributed by atoms with E-state index in [1.807, 2.05) is 50.4 Å². The van der Waals surface area contributed by atoms with Gasteiger partial charge in [0, 0.05) is 23.6 Å². The molecule has 5 nitrogen and oxygen atoms in total. The Labute approximate surface area is 158 Å². The fraction of sp³-hybridized carbons (Fsp3) is 0.318. The van der Waals surface area contributed by atoms with Gasteiger partial charge >= 0.3 is 0 Å². The highest BCUT2D eigenvalue weighted by Gasteiger charge is 2.31. The first-order valence-electron chi connectivity index (χ1n) is 9.29. The van der Waals surface area contributed by atoms with Crippen LogP contribution in [0.3, 0.4) is 0 Å². The zero-order chi connectivity index (χ0) is 18.9. The van der Waals surface area contributed by atoms with Crippen molar-refractivity contribution < 1.29 is 14.3 Å². The molecule has 0 radical (unpaired) electrons. The summed E-state index contributed by atoms with van der Waals surface area (Å²) in [5.74, 6) is 1.44. The van der Waals surface area contributed by atoms with Crippen molar-refractivity contribution in [3.05, 3.63) is 59.8 Å². The molecule has 27 heavy (non-hydrogen) atoms. The van der Waals surface area contributed by atoms with Crippen molar-refractivity contribution in [3.63, 3.8) is 0 Å². The van der Waals surface area contributed by atoms with Gasteiger partial charge in [0.25, 0.3) is 0 Å². The van der Waals surface area contributed by atoms with Crippen molar-refractivity contribution in [2.24, 2.45) is 0 Å². The lowest BCUT2D eigenvalue weighted by Gasteiger charge is -2.26. The van der Waals surface area contributed by atoms with Gasteiger partial charge in [-0.1, -0.05) is 24.3 Å². The molecular formula is C22H24N2O3. The molecule has 0 fully saturated rings. The highest BCUT2D eigenvalue weighted by molar-refractivity contribution is 5.88. The molecule has 140 valence electrons. The minimum absolute atomic E-state index is 0.000908. The second-order valence-electron chi connectivity index (χ2n) is 7.35. The van der Waals surface area contributed by atoms with E-state index in [0.29, 0.717) is 25.5 Å². The van der Waals surface area contributed by atoms with E-state index in [4.69, 9.17) is 9.47 Å². The summed E-state index contributed by atoms with van der Waals surface area (Å²) >= 11 is 0. The number of H-pyrrole nitrogens is 1. The van der Waals surface area contributed by atoms with Crippen LogP contribution >= 0.6 is 0 Å². The number of rotatable bonds is 5. The van der Waals surface area contributed by atoms with Crippen LogP contribution in [0.5, 0.6) is 11.5 Å². The van der Waals surface area contributed by atoms with Gasteiger partial charge in [0.15, 0.2) is 11.5 Å². The second-order valence-corrected chi connectivity index (χ2v) is 7.35. The number of benzene rings is 2. The van der Waals surface area contributed by atoms with E-state index in [1.54, 1.807) is 0 Å². The van der Waals surface area contributed by atoms with E-state index in [9.17, 15) is 4.79 Å². The van der Waals surface area contributed by atoms with Gasteiger partial charge in [-0.15, -0.1) is 0 Å². The van der Waals surface area contributed by atoms with Gasteiger partial charge in [0.1, 0.15) is 13.2 Å². The zero-order valence-corrected chi connectivity index (χ0v) is 15.7. The van der Waals surface area contributed by atoms with Crippen LogP contribution in [-0.4, -0.2) is 30.6 Å². The van der Waals surface area contributed by atoms with E-state index >= 15 is 0 Å². The Morgan fingerprint density at radius 2 is 1.89 bits per heavy atom. The monoisotopic (exact) mass is 364 g/mol. The van der Waals surface area contributed by atoms with E-state index in [2.05, 4.69) is 22.4 Å². The average molecular weight is 364 g/mol. The predicted molar refractivity (Wildman–Crippen MR) is 105 cm³/mol. The summed E-state index contributed by atoms with van der Waals surface area (Å²) in [7, 11) is 0. The number of nitrogens with one attached hydrogen (secondary N) is 2. The average Bonchev–Trinajstić information content (AvgIpc) is 3.10. The third-order valence-corrected chi connectivity index (χ3v) is 5.19. The van der Waals surface area contributed by atoms with Crippen molar-refractivity contribution in [1.82, 2.24) is 10.3 Å². The molecule has 1 aliphatic heterocycles. The molecule has 1 amide bonds. The van der Waals surface area contributed by atoms with Crippen molar-refractivity contribution in [2.45, 2.75) is 25.7 Å². The van der Waals surface area contributed by atoms with E-state index in [-0.39, 0.29) is 5.91 Å². The first-order valence-corrected chi connectivity index (χ1v) is 9.29. The first-order chi connectivity index (χ1) is 13.1. The summed E-state index contributed by atoms with van der Waals surface area (Å²) in [4.78, 5) is 16.1. The number of amides is 1. The quantitative estimate of drug-likeness (QED) is 0.727. The van der Waals surface area contributed by atoms with Gasteiger partial charge in [0.2, 0.25) is 5.91 Å². The maximum absolute atomic E-state index is 12.8. The highest BCUT2D eigenvalue weighted by atomic mass is 16.6. The maximum Gasteiger partial charge on any atom is 0.230 e. The summed E-state index contributed by atoms with van der Waals surface area (Å²) in [6.07, 6.45) is 2.80. The summed E-state index contributed by atoms with van der Waals surface area (Å²) < 4.78 is 11.2. The summed E-state index contributed by atoms with van der Waals surface area (Å²) in [5, 5.41) is 4.29. The Hall–Kier alpha value is -2.95. The standard InChI is InChI=1S/C22H24N2O3/c1-22(2,16-7-8-19-20(13-16)27-12-11-26-19)21(25)23-10-9-15-14-24-18-6-4-3-5-17(15)18/h3-8,13-14,24H,9-12H2,1-2H3,(H,23,25). The fourth-order valence-corrected chi connectivity index (χ4v) is 3.43. The number of carbonyl (C=O) groups excluding carboxylic acids is 1. The maximum atomic E-state index is 12.8. The Kier molecular flexibility index (Phi) is 4.52. The van der Waals surface area contributed by atoms with Crippen LogP contribution in [0.25, 0.3) is 10.9 Å². The molecule has 2 heterocycles. The van der Waals surface area contributed by atoms with Crippen molar-refractivity contribution >= 4 is 16.8 Å². The van der Waals surface area contributed by atoms with Crippen molar-refractivity contribution in [1.29, 1.82) is 0 Å². The second kappa shape index (κ2) is 6.99. The lowest BCUT2D eigenvalue weighted by atomic mass is 9.83. The number of ether oxygens (including phenoxy) is 2. The number of aromatic amines is 1. The van der Waals surface area contributed by atoms with Crippen LogP contribution in [0.1, 0.15) is 25.0 Å². The molecule has 1 aromatic heterocycles. The third-order valence-electron chi connectivity index (χ3n) is 5.19. The lowest BCUT2D eigenvalue weighted by molar-refractivity contribution is -0.125. The number of aromatic nitrogens is 1. The highest BCUT2D eigenvalue weighted by Crippen LogP contribution is 2.35. The molecule has 2 aromatic carbocycles. The molecular weight excluding hydrogens is 340 g/mol. The topological polar surface area (TPSA) is 63.4 Å². The Morgan fingerprint density at radius 3 is 2.74 bits per heavy atom. The smallest absolute Gasteiger partial charge is 0.230 e. The number of fused-ring (bicyclic) bond motifs is 2. The van der Waals surface area contributed by atoms with Crippen LogP contribution in [0.15, 0.2) is 48.7 Å². The van der Waals surface area contributed by atoms with Crippen molar-refractivity contribution in [3.8, 4) is 11.5 Å². The minimum atomic E-state index is -0.657. The van der Waals surface area contributed by atoms with Crippen LogP contribution in [-0.2, 0) is 16.6 Å². The van der Waals surface area contributed by atoms with Gasteiger partial charge in [-0.05, 0) is 49.6 Å². The molecule has 0 atom stereocenters. The SMILES string of the molecule is CC(C)(C(=O)NCCc1c[nH]c2ccccc12)c1ccc2c(c1)OCCO2. The number of carbonyl (C=O) groups is 1. The largest absolute Gasteiger partial charge is 0.486 e. The molecule has 0 spiro atoms. The predicted octanol–water partition coefficient (Wildman–Crippen LogP) is 3.58. The molecule has 1 aliphatic rings. The molecule has 0 aliphatic carbocycles. The summed E-state index contributed by atoms with van der Waals surface area (Å²) in [6, 6.07) is 13.9. The van der Waals surface area contributed by atoms with Crippen LogP contribution < -0.4 is 14.8 Å². The van der Waals surface area contributed by atoms with Gasteiger partial charge in [-0.2, -0.15) is 0 Å².